The quantitative estimate of drug-likeness (QED) is 0.650. The number of hydrogen-bond acceptors (Lipinski definition) is 4. The van der Waals surface area contributed by atoms with Crippen LogP contribution in [0.4, 0.5) is 5.69 Å². The van der Waals surface area contributed by atoms with Gasteiger partial charge < -0.3 is 10.2 Å². The van der Waals surface area contributed by atoms with Crippen molar-refractivity contribution in [1.82, 2.24) is 0 Å². The van der Waals surface area contributed by atoms with Gasteiger partial charge in [0.05, 0.1) is 11.4 Å². The second-order valence-corrected chi connectivity index (χ2v) is 4.28. The lowest BCUT2D eigenvalue weighted by Crippen LogP contribution is -2.38. The minimum atomic E-state index is -1.91. The first-order valence-electron chi connectivity index (χ1n) is 5.87. The fourth-order valence-electron chi connectivity index (χ4n) is 1.72. The van der Waals surface area contributed by atoms with E-state index in [0.717, 1.165) is 6.08 Å². The summed E-state index contributed by atoms with van der Waals surface area (Å²) in [5.41, 5.74) is -0.812. The summed E-state index contributed by atoms with van der Waals surface area (Å²) in [5.74, 6) is -2.78. The summed E-state index contributed by atoms with van der Waals surface area (Å²) in [6.07, 6.45) is 3.79. The van der Waals surface area contributed by atoms with E-state index in [1.54, 1.807) is 12.1 Å². The Balaban J connectivity index is 2.15. The van der Waals surface area contributed by atoms with Crippen LogP contribution in [0.5, 0.6) is 0 Å². The maximum Gasteiger partial charge on any atom is 0.325 e. The number of aliphatic carboxylic acids is 2. The molecule has 0 fully saturated rings. The Kier molecular flexibility index (Phi) is 3.74. The van der Waals surface area contributed by atoms with E-state index in [4.69, 9.17) is 10.2 Å². The van der Waals surface area contributed by atoms with E-state index in [9.17, 15) is 9.59 Å². The van der Waals surface area contributed by atoms with Crippen molar-refractivity contribution in [3.05, 3.63) is 54.3 Å². The summed E-state index contributed by atoms with van der Waals surface area (Å²) in [6.45, 7) is 0. The van der Waals surface area contributed by atoms with Gasteiger partial charge in [0.1, 0.15) is 0 Å². The number of azo groups is 1. The molecule has 1 aliphatic rings. The predicted molar refractivity (Wildman–Crippen MR) is 70.5 cm³/mol. The minimum absolute atomic E-state index is 0.155. The average molecular weight is 272 g/mol. The number of carbonyl (C=O) groups is 2. The smallest absolute Gasteiger partial charge is 0.325 e. The molecule has 102 valence electrons. The zero-order valence-electron chi connectivity index (χ0n) is 10.4. The predicted octanol–water partition coefficient (Wildman–Crippen LogP) is 2.77. The maximum absolute atomic E-state index is 11.1. The molecule has 1 aliphatic carbocycles. The fraction of sp³-hybridized carbons (Fsp3) is 0.143. The van der Waals surface area contributed by atoms with E-state index in [2.05, 4.69) is 10.2 Å². The summed E-state index contributed by atoms with van der Waals surface area (Å²) in [7, 11) is 0. The molecule has 0 spiro atoms. The third-order valence-electron chi connectivity index (χ3n) is 2.97. The van der Waals surface area contributed by atoms with E-state index in [-0.39, 0.29) is 6.42 Å². The van der Waals surface area contributed by atoms with Crippen molar-refractivity contribution >= 4 is 17.6 Å². The largest absolute Gasteiger partial charge is 0.480 e. The lowest BCUT2D eigenvalue weighted by molar-refractivity contribution is -0.160. The first kappa shape index (κ1) is 13.7. The second-order valence-electron chi connectivity index (χ2n) is 4.28. The normalized spacial score (nSPS) is 16.9. The number of carboxylic acid groups (broad SMARTS) is 2. The first-order valence-corrected chi connectivity index (χ1v) is 5.87. The molecule has 1 aromatic rings. The lowest BCUT2D eigenvalue weighted by Gasteiger charge is -2.21. The minimum Gasteiger partial charge on any atom is -0.480 e. The Morgan fingerprint density at radius 3 is 2.20 bits per heavy atom. The Morgan fingerprint density at radius 1 is 1.05 bits per heavy atom. The van der Waals surface area contributed by atoms with Gasteiger partial charge in [-0.25, -0.2) is 0 Å². The van der Waals surface area contributed by atoms with Crippen molar-refractivity contribution in [2.24, 2.45) is 15.6 Å². The van der Waals surface area contributed by atoms with Crippen LogP contribution in [0.25, 0.3) is 0 Å². The molecule has 0 bridgehead atoms. The van der Waals surface area contributed by atoms with Gasteiger partial charge in [-0.1, -0.05) is 30.4 Å². The Labute approximate surface area is 114 Å². The van der Waals surface area contributed by atoms with Gasteiger partial charge in [-0.2, -0.15) is 10.2 Å². The van der Waals surface area contributed by atoms with Crippen LogP contribution in [-0.4, -0.2) is 22.2 Å². The molecule has 0 amide bonds. The van der Waals surface area contributed by atoms with Gasteiger partial charge in [0.25, 0.3) is 0 Å². The molecule has 0 aromatic heterocycles. The molecular formula is C14H12N2O4. The van der Waals surface area contributed by atoms with Crippen LogP contribution >= 0.6 is 0 Å². The van der Waals surface area contributed by atoms with Gasteiger partial charge in [-0.15, -0.1) is 0 Å². The van der Waals surface area contributed by atoms with E-state index in [1.165, 1.54) is 12.2 Å². The monoisotopic (exact) mass is 272 g/mol. The second kappa shape index (κ2) is 5.48. The molecule has 0 saturated carbocycles. The summed E-state index contributed by atoms with van der Waals surface area (Å²) < 4.78 is 0. The summed E-state index contributed by atoms with van der Waals surface area (Å²) >= 11 is 0. The molecule has 20 heavy (non-hydrogen) atoms. The van der Waals surface area contributed by atoms with Crippen molar-refractivity contribution in [1.29, 1.82) is 0 Å². The Hall–Kier alpha value is -2.76. The van der Waals surface area contributed by atoms with Crippen LogP contribution in [0, 0.1) is 5.41 Å². The molecule has 0 radical (unpaired) electrons. The molecule has 6 heteroatoms. The number of benzene rings is 1. The average Bonchev–Trinajstić information content (AvgIpc) is 2.46. The van der Waals surface area contributed by atoms with Crippen LogP contribution < -0.4 is 0 Å². The fourth-order valence-corrected chi connectivity index (χ4v) is 1.72. The zero-order chi connectivity index (χ0) is 14.6. The SMILES string of the molecule is O=C(O)C1(C(=O)O)C=CC(N=Nc2ccccc2)=CC1. The summed E-state index contributed by atoms with van der Waals surface area (Å²) in [4.78, 5) is 22.2. The van der Waals surface area contributed by atoms with Crippen molar-refractivity contribution < 1.29 is 19.8 Å². The van der Waals surface area contributed by atoms with Crippen molar-refractivity contribution in [2.75, 3.05) is 0 Å². The van der Waals surface area contributed by atoms with E-state index in [0.29, 0.717) is 11.4 Å². The molecule has 0 atom stereocenters. The van der Waals surface area contributed by atoms with Crippen LogP contribution in [0.3, 0.4) is 0 Å². The lowest BCUT2D eigenvalue weighted by atomic mass is 9.81. The standard InChI is InChI=1S/C14H12N2O4/c17-12(18)14(13(19)20)8-6-11(7-9-14)16-15-10-4-2-1-3-5-10/h1-8H,9H2,(H,17,18)(H,19,20). The molecule has 2 rings (SSSR count). The molecular weight excluding hydrogens is 260 g/mol. The summed E-state index contributed by atoms with van der Waals surface area (Å²) in [6, 6.07) is 9.04. The molecule has 0 aliphatic heterocycles. The van der Waals surface area contributed by atoms with Crippen LogP contribution in [0.2, 0.25) is 0 Å². The van der Waals surface area contributed by atoms with E-state index in [1.807, 2.05) is 18.2 Å². The van der Waals surface area contributed by atoms with Crippen LogP contribution in [0.15, 0.2) is 64.5 Å². The van der Waals surface area contributed by atoms with E-state index < -0.39 is 17.4 Å². The molecule has 2 N–H and O–H groups in total. The highest BCUT2D eigenvalue weighted by atomic mass is 16.4. The number of allylic oxidation sites excluding steroid dienone is 2. The van der Waals surface area contributed by atoms with Gasteiger partial charge >= 0.3 is 11.9 Å². The van der Waals surface area contributed by atoms with Gasteiger partial charge in [0, 0.05) is 0 Å². The third kappa shape index (κ3) is 2.64. The number of hydrogen-bond donors (Lipinski definition) is 2. The first-order chi connectivity index (χ1) is 9.54. The van der Waals surface area contributed by atoms with Gasteiger partial charge in [-0.05, 0) is 24.6 Å². The highest BCUT2D eigenvalue weighted by Crippen LogP contribution is 2.31. The number of carboxylic acids is 2. The highest BCUT2D eigenvalue weighted by molar-refractivity contribution is 6.01. The Bertz CT molecular complexity index is 603. The van der Waals surface area contributed by atoms with Gasteiger partial charge in [0.2, 0.25) is 0 Å². The molecule has 0 unspecified atom stereocenters. The molecule has 6 nitrogen and oxygen atoms in total. The highest BCUT2D eigenvalue weighted by Gasteiger charge is 2.44. The van der Waals surface area contributed by atoms with Crippen molar-refractivity contribution in [3.8, 4) is 0 Å². The zero-order valence-corrected chi connectivity index (χ0v) is 10.4. The molecule has 1 aromatic carbocycles. The maximum atomic E-state index is 11.1. The molecule has 0 heterocycles. The number of rotatable bonds is 4. The van der Waals surface area contributed by atoms with Crippen LogP contribution in [0.1, 0.15) is 6.42 Å². The topological polar surface area (TPSA) is 99.3 Å². The number of nitrogens with zero attached hydrogens (tertiary/aromatic N) is 2. The van der Waals surface area contributed by atoms with Gasteiger partial charge in [0.15, 0.2) is 5.41 Å². The third-order valence-corrected chi connectivity index (χ3v) is 2.97. The summed E-state index contributed by atoms with van der Waals surface area (Å²) in [5, 5.41) is 26.0. The Morgan fingerprint density at radius 2 is 1.70 bits per heavy atom. The van der Waals surface area contributed by atoms with E-state index >= 15 is 0 Å². The van der Waals surface area contributed by atoms with Crippen LogP contribution in [-0.2, 0) is 9.59 Å². The van der Waals surface area contributed by atoms with Crippen molar-refractivity contribution in [2.45, 2.75) is 6.42 Å². The van der Waals surface area contributed by atoms with Gasteiger partial charge in [-0.3, -0.25) is 9.59 Å². The van der Waals surface area contributed by atoms with Crippen molar-refractivity contribution in [3.63, 3.8) is 0 Å². The molecule has 0 saturated heterocycles.